The van der Waals surface area contributed by atoms with Gasteiger partial charge in [0.2, 0.25) is 0 Å². The lowest BCUT2D eigenvalue weighted by atomic mass is 10.2. The number of amides is 2. The van der Waals surface area contributed by atoms with Crippen molar-refractivity contribution in [2.75, 3.05) is 26.3 Å². The molecule has 0 aliphatic rings. The van der Waals surface area contributed by atoms with Crippen LogP contribution in [0.25, 0.3) is 20.4 Å². The molecule has 2 heterocycles. The van der Waals surface area contributed by atoms with Crippen LogP contribution in [0.5, 0.6) is 0 Å². The lowest BCUT2D eigenvalue weighted by molar-refractivity contribution is 0.0937. The summed E-state index contributed by atoms with van der Waals surface area (Å²) in [5, 5.41) is 24.8. The number of fused-ring (bicyclic) bond motifs is 2. The average Bonchev–Trinajstić information content (AvgIpc) is 3.37. The van der Waals surface area contributed by atoms with E-state index in [9.17, 15) is 9.59 Å². The van der Waals surface area contributed by atoms with Crippen LogP contribution in [-0.2, 0) is 6.42 Å². The fraction of sp³-hybridized carbons (Fsp3) is 0.238. The number of aliphatic hydroxyl groups is 2. The van der Waals surface area contributed by atoms with Crippen LogP contribution in [0.2, 0.25) is 0 Å². The van der Waals surface area contributed by atoms with Crippen molar-refractivity contribution in [2.45, 2.75) is 6.42 Å². The molecule has 0 saturated heterocycles. The van der Waals surface area contributed by atoms with Crippen LogP contribution in [0.15, 0.2) is 36.4 Å². The van der Waals surface area contributed by atoms with Gasteiger partial charge in [0.1, 0.15) is 10.0 Å². The predicted molar refractivity (Wildman–Crippen MR) is 121 cm³/mol. The van der Waals surface area contributed by atoms with Crippen LogP contribution >= 0.6 is 22.7 Å². The summed E-state index contributed by atoms with van der Waals surface area (Å²) in [7, 11) is 0. The highest BCUT2D eigenvalue weighted by Crippen LogP contribution is 2.29. The molecular weight excluding hydrogens is 436 g/mol. The van der Waals surface area contributed by atoms with Crippen molar-refractivity contribution in [3.63, 3.8) is 0 Å². The molecule has 0 saturated carbocycles. The fourth-order valence-electron chi connectivity index (χ4n) is 3.05. The van der Waals surface area contributed by atoms with E-state index in [0.29, 0.717) is 17.5 Å². The second-order valence-corrected chi connectivity index (χ2v) is 8.95. The number of hydrogen-bond acceptors (Lipinski definition) is 8. The van der Waals surface area contributed by atoms with E-state index in [-0.39, 0.29) is 38.1 Å². The summed E-state index contributed by atoms with van der Waals surface area (Å²) in [5.41, 5.74) is 2.71. The molecule has 10 heteroatoms. The zero-order chi connectivity index (χ0) is 21.8. The SMILES string of the molecule is O=C(NCCO)c1ccc2nc(Cc3nc4ccc(C(=O)NCCO)cc4s3)sc2c1. The Balaban J connectivity index is 1.52. The number of hydrogen-bond donors (Lipinski definition) is 4. The van der Waals surface area contributed by atoms with Gasteiger partial charge in [-0.15, -0.1) is 22.7 Å². The van der Waals surface area contributed by atoms with Crippen LogP contribution in [0, 0.1) is 0 Å². The van der Waals surface area contributed by atoms with Crippen molar-refractivity contribution < 1.29 is 19.8 Å². The topological polar surface area (TPSA) is 124 Å². The molecule has 31 heavy (non-hydrogen) atoms. The minimum absolute atomic E-state index is 0.102. The molecule has 0 atom stereocenters. The van der Waals surface area contributed by atoms with Gasteiger partial charge >= 0.3 is 0 Å². The number of aliphatic hydroxyl groups excluding tert-OH is 2. The number of thiazole rings is 2. The summed E-state index contributed by atoms with van der Waals surface area (Å²) in [6, 6.07) is 10.7. The van der Waals surface area contributed by atoms with E-state index < -0.39 is 0 Å². The third-order valence-electron chi connectivity index (χ3n) is 4.49. The predicted octanol–water partition coefficient (Wildman–Crippen LogP) is 1.94. The summed E-state index contributed by atoms with van der Waals surface area (Å²) in [4.78, 5) is 33.5. The lowest BCUT2D eigenvalue weighted by Crippen LogP contribution is -2.26. The zero-order valence-electron chi connectivity index (χ0n) is 16.4. The first-order chi connectivity index (χ1) is 15.1. The van der Waals surface area contributed by atoms with Gasteiger partial charge in [-0.3, -0.25) is 9.59 Å². The molecule has 0 fully saturated rings. The Kier molecular flexibility index (Phi) is 6.52. The van der Waals surface area contributed by atoms with Crippen molar-refractivity contribution >= 4 is 54.9 Å². The molecule has 160 valence electrons. The monoisotopic (exact) mass is 456 g/mol. The van der Waals surface area contributed by atoms with Crippen LogP contribution in [0.1, 0.15) is 30.7 Å². The largest absolute Gasteiger partial charge is 0.395 e. The van der Waals surface area contributed by atoms with Crippen LogP contribution in [0.3, 0.4) is 0 Å². The van der Waals surface area contributed by atoms with E-state index in [1.807, 2.05) is 12.1 Å². The fourth-order valence-corrected chi connectivity index (χ4v) is 5.16. The van der Waals surface area contributed by atoms with E-state index in [1.165, 1.54) is 22.7 Å². The number of carbonyl (C=O) groups is 2. The summed E-state index contributed by atoms with van der Waals surface area (Å²) in [6.07, 6.45) is 0.566. The maximum Gasteiger partial charge on any atom is 0.251 e. The highest BCUT2D eigenvalue weighted by Gasteiger charge is 2.13. The van der Waals surface area contributed by atoms with E-state index in [4.69, 9.17) is 10.2 Å². The van der Waals surface area contributed by atoms with Crippen molar-refractivity contribution in [3.05, 3.63) is 57.5 Å². The van der Waals surface area contributed by atoms with Gasteiger partial charge in [-0.1, -0.05) is 0 Å². The number of nitrogens with one attached hydrogen (secondary N) is 2. The van der Waals surface area contributed by atoms with E-state index in [2.05, 4.69) is 20.6 Å². The third-order valence-corrected chi connectivity index (χ3v) is 6.52. The number of carbonyl (C=O) groups excluding carboxylic acids is 2. The molecule has 4 N–H and O–H groups in total. The quantitative estimate of drug-likeness (QED) is 0.321. The summed E-state index contributed by atoms with van der Waals surface area (Å²) < 4.78 is 1.83. The van der Waals surface area contributed by atoms with E-state index in [0.717, 1.165) is 30.4 Å². The molecule has 4 rings (SSSR count). The number of rotatable bonds is 8. The second kappa shape index (κ2) is 9.48. The maximum atomic E-state index is 12.1. The standard InChI is InChI=1S/C21H20N4O4S2/c26-7-5-22-20(28)12-1-3-14-16(9-12)30-18(24-14)11-19-25-15-4-2-13(10-17(15)31-19)21(29)23-6-8-27/h1-4,9-10,26-27H,5-8,11H2,(H,22,28)(H,23,29). The van der Waals surface area contributed by atoms with E-state index >= 15 is 0 Å². The highest BCUT2D eigenvalue weighted by atomic mass is 32.1. The van der Waals surface area contributed by atoms with Gasteiger partial charge in [0.15, 0.2) is 0 Å². The molecule has 0 radical (unpaired) electrons. The van der Waals surface area contributed by atoms with Crippen molar-refractivity contribution in [2.24, 2.45) is 0 Å². The molecule has 0 aliphatic carbocycles. The highest BCUT2D eigenvalue weighted by molar-refractivity contribution is 7.20. The van der Waals surface area contributed by atoms with Gasteiger partial charge in [0.25, 0.3) is 11.8 Å². The van der Waals surface area contributed by atoms with Gasteiger partial charge in [0, 0.05) is 24.2 Å². The second-order valence-electron chi connectivity index (χ2n) is 6.72. The minimum Gasteiger partial charge on any atom is -0.395 e. The Morgan fingerprint density at radius 3 is 1.65 bits per heavy atom. The van der Waals surface area contributed by atoms with Crippen molar-refractivity contribution in [1.29, 1.82) is 0 Å². The van der Waals surface area contributed by atoms with Crippen LogP contribution < -0.4 is 10.6 Å². The molecule has 2 aromatic carbocycles. The Hall–Kier alpha value is -2.92. The zero-order valence-corrected chi connectivity index (χ0v) is 18.1. The summed E-state index contributed by atoms with van der Waals surface area (Å²) >= 11 is 3.03. The Bertz CT molecular complexity index is 1150. The molecule has 2 amide bonds. The minimum atomic E-state index is -0.226. The van der Waals surface area contributed by atoms with Gasteiger partial charge in [-0.25, -0.2) is 9.97 Å². The Labute approximate surface area is 185 Å². The smallest absolute Gasteiger partial charge is 0.251 e. The molecule has 0 unspecified atom stereocenters. The van der Waals surface area contributed by atoms with Crippen molar-refractivity contribution in [1.82, 2.24) is 20.6 Å². The number of nitrogens with zero attached hydrogens (tertiary/aromatic N) is 2. The van der Waals surface area contributed by atoms with Gasteiger partial charge in [0.05, 0.1) is 40.1 Å². The first kappa shape index (κ1) is 21.3. The third kappa shape index (κ3) is 4.88. The summed E-state index contributed by atoms with van der Waals surface area (Å²) in [6.45, 7) is 0.228. The lowest BCUT2D eigenvalue weighted by Gasteiger charge is -2.02. The molecule has 0 aliphatic heterocycles. The molecular formula is C21H20N4O4S2. The Morgan fingerprint density at radius 1 is 0.774 bits per heavy atom. The molecule has 4 aromatic rings. The first-order valence-corrected chi connectivity index (χ1v) is 11.3. The number of benzene rings is 2. The van der Waals surface area contributed by atoms with Crippen LogP contribution in [0.4, 0.5) is 0 Å². The van der Waals surface area contributed by atoms with Gasteiger partial charge in [-0.05, 0) is 36.4 Å². The van der Waals surface area contributed by atoms with Gasteiger partial charge < -0.3 is 20.8 Å². The molecule has 8 nitrogen and oxygen atoms in total. The molecule has 2 aromatic heterocycles. The van der Waals surface area contributed by atoms with Crippen LogP contribution in [-0.4, -0.2) is 58.3 Å². The van der Waals surface area contributed by atoms with E-state index in [1.54, 1.807) is 24.3 Å². The molecule has 0 spiro atoms. The normalized spacial score (nSPS) is 11.2. The van der Waals surface area contributed by atoms with Gasteiger partial charge in [-0.2, -0.15) is 0 Å². The summed E-state index contributed by atoms with van der Waals surface area (Å²) in [5.74, 6) is -0.452. The maximum absolute atomic E-state index is 12.1. The first-order valence-electron chi connectivity index (χ1n) is 9.64. The Morgan fingerprint density at radius 2 is 1.23 bits per heavy atom. The molecule has 0 bridgehead atoms. The number of aromatic nitrogens is 2. The average molecular weight is 457 g/mol. The van der Waals surface area contributed by atoms with Crippen molar-refractivity contribution in [3.8, 4) is 0 Å².